The molecule has 0 aromatic heterocycles. The zero-order valence-corrected chi connectivity index (χ0v) is 24.3. The molecule has 2 aliphatic heterocycles. The van der Waals surface area contributed by atoms with Crippen molar-refractivity contribution in [2.24, 2.45) is 5.92 Å². The molecule has 11 nitrogen and oxygen atoms in total. The fourth-order valence-corrected chi connectivity index (χ4v) is 4.93. The van der Waals surface area contributed by atoms with Gasteiger partial charge in [-0.1, -0.05) is 6.92 Å². The van der Waals surface area contributed by atoms with Gasteiger partial charge in [0.05, 0.1) is 38.0 Å². The number of morpholine rings is 1. The van der Waals surface area contributed by atoms with Crippen molar-refractivity contribution < 1.29 is 33.4 Å². The van der Waals surface area contributed by atoms with Crippen LogP contribution in [0.3, 0.4) is 0 Å². The van der Waals surface area contributed by atoms with Crippen LogP contribution in [0.4, 0.5) is 20.6 Å². The van der Waals surface area contributed by atoms with Gasteiger partial charge in [-0.3, -0.25) is 14.5 Å². The van der Waals surface area contributed by atoms with E-state index in [0.29, 0.717) is 43.3 Å². The lowest BCUT2D eigenvalue weighted by Crippen LogP contribution is -2.50. The summed E-state index contributed by atoms with van der Waals surface area (Å²) in [6.07, 6.45) is -0.190. The topological polar surface area (TPSA) is 124 Å². The van der Waals surface area contributed by atoms with E-state index in [0.717, 1.165) is 13.1 Å². The fourth-order valence-electron chi connectivity index (χ4n) is 4.93. The van der Waals surface area contributed by atoms with Crippen molar-refractivity contribution in [3.05, 3.63) is 53.8 Å². The minimum atomic E-state index is -0.497. The quantitative estimate of drug-likeness (QED) is 0.414. The molecule has 2 aromatic rings. The second-order valence-electron chi connectivity index (χ2n) is 10.9. The highest BCUT2D eigenvalue weighted by atomic mass is 19.1. The lowest BCUT2D eigenvalue weighted by molar-refractivity contribution is -0.116. The largest absolute Gasteiger partial charge is 0.487 e. The van der Waals surface area contributed by atoms with Crippen LogP contribution in [0.25, 0.3) is 0 Å². The first kappa shape index (κ1) is 31.2. The lowest BCUT2D eigenvalue weighted by atomic mass is 9.99. The number of rotatable bonds is 9. The third-order valence-electron chi connectivity index (χ3n) is 7.60. The molecule has 2 heterocycles. The fraction of sp³-hybridized carbons (Fsp3) is 0.500. The summed E-state index contributed by atoms with van der Waals surface area (Å²) < 4.78 is 24.9. The summed E-state index contributed by atoms with van der Waals surface area (Å²) in [6.45, 7) is 7.47. The molecule has 0 saturated carbocycles. The van der Waals surface area contributed by atoms with E-state index < -0.39 is 24.0 Å². The maximum Gasteiger partial charge on any atom is 0.321 e. The molecule has 0 bridgehead atoms. The van der Waals surface area contributed by atoms with Gasteiger partial charge < -0.3 is 35.0 Å². The first-order chi connectivity index (χ1) is 20.1. The normalized spacial score (nSPS) is 20.0. The zero-order chi connectivity index (χ0) is 30.2. The summed E-state index contributed by atoms with van der Waals surface area (Å²) in [7, 11) is 1.63. The van der Waals surface area contributed by atoms with E-state index in [2.05, 4.69) is 15.5 Å². The summed E-state index contributed by atoms with van der Waals surface area (Å²) >= 11 is 0. The number of hydrogen-bond donors (Lipinski definition) is 3. The van der Waals surface area contributed by atoms with Crippen LogP contribution in [0.2, 0.25) is 0 Å². The second-order valence-corrected chi connectivity index (χ2v) is 10.9. The van der Waals surface area contributed by atoms with Crippen LogP contribution >= 0.6 is 0 Å². The number of hydrogen-bond acceptors (Lipinski definition) is 7. The molecular formula is C30H40FN5O6. The van der Waals surface area contributed by atoms with Crippen LogP contribution in [0.1, 0.15) is 30.6 Å². The maximum atomic E-state index is 13.7. The van der Waals surface area contributed by atoms with Crippen LogP contribution in [0.5, 0.6) is 5.75 Å². The molecular weight excluding hydrogens is 545 g/mol. The minimum Gasteiger partial charge on any atom is -0.487 e. The van der Waals surface area contributed by atoms with E-state index in [9.17, 15) is 23.9 Å². The van der Waals surface area contributed by atoms with Gasteiger partial charge in [-0.15, -0.1) is 0 Å². The lowest BCUT2D eigenvalue weighted by Gasteiger charge is -2.38. The minimum absolute atomic E-state index is 0.165. The van der Waals surface area contributed by atoms with Gasteiger partial charge in [0.1, 0.15) is 17.7 Å². The first-order valence-corrected chi connectivity index (χ1v) is 14.2. The molecule has 0 aliphatic carbocycles. The van der Waals surface area contributed by atoms with Crippen molar-refractivity contribution in [3.8, 4) is 5.75 Å². The molecule has 4 rings (SSSR count). The van der Waals surface area contributed by atoms with Gasteiger partial charge >= 0.3 is 6.03 Å². The third kappa shape index (κ3) is 8.17. The number of aliphatic hydroxyl groups is 1. The average molecular weight is 586 g/mol. The molecule has 1 saturated heterocycles. The molecule has 228 valence electrons. The van der Waals surface area contributed by atoms with Gasteiger partial charge in [0.15, 0.2) is 0 Å². The maximum absolute atomic E-state index is 13.7. The predicted octanol–water partition coefficient (Wildman–Crippen LogP) is 2.87. The highest BCUT2D eigenvalue weighted by molar-refractivity contribution is 6.00. The number of likely N-dealkylation sites (N-methyl/N-ethyl adjacent to an activating group) is 1. The predicted molar refractivity (Wildman–Crippen MR) is 156 cm³/mol. The smallest absolute Gasteiger partial charge is 0.321 e. The Morgan fingerprint density at radius 1 is 1.12 bits per heavy atom. The van der Waals surface area contributed by atoms with E-state index in [1.807, 2.05) is 6.92 Å². The summed E-state index contributed by atoms with van der Waals surface area (Å²) in [4.78, 5) is 44.5. The monoisotopic (exact) mass is 585 g/mol. The van der Waals surface area contributed by atoms with E-state index >= 15 is 0 Å². The molecule has 3 N–H and O–H groups in total. The number of anilines is 2. The molecule has 12 heteroatoms. The van der Waals surface area contributed by atoms with Crippen molar-refractivity contribution in [3.63, 3.8) is 0 Å². The SMILES string of the molecule is C[C@@H]1CN([C@H](C)CO)C(=O)c2cc(NC(=O)CCN3CCOCC3)ccc2O[C@H]1CN(C)C(=O)Nc1ccc(F)cc1. The van der Waals surface area contributed by atoms with Crippen molar-refractivity contribution in [2.75, 3.05) is 70.2 Å². The number of aliphatic hydroxyl groups excluding tert-OH is 1. The van der Waals surface area contributed by atoms with E-state index in [4.69, 9.17) is 9.47 Å². The number of amides is 4. The molecule has 0 spiro atoms. The zero-order valence-electron chi connectivity index (χ0n) is 24.3. The Bertz CT molecular complexity index is 1240. The highest BCUT2D eigenvalue weighted by Crippen LogP contribution is 2.31. The highest BCUT2D eigenvalue weighted by Gasteiger charge is 2.34. The number of halogens is 1. The Kier molecular flexibility index (Phi) is 10.7. The van der Waals surface area contributed by atoms with Crippen molar-refractivity contribution in [2.45, 2.75) is 32.4 Å². The summed E-state index contributed by atoms with van der Waals surface area (Å²) in [5, 5.41) is 15.5. The Morgan fingerprint density at radius 2 is 1.81 bits per heavy atom. The average Bonchev–Trinajstić information content (AvgIpc) is 2.99. The van der Waals surface area contributed by atoms with Gasteiger partial charge in [-0.05, 0) is 49.4 Å². The molecule has 4 amide bonds. The molecule has 1 fully saturated rings. The van der Waals surface area contributed by atoms with Gasteiger partial charge in [0, 0.05) is 56.9 Å². The Labute approximate surface area is 245 Å². The number of urea groups is 1. The van der Waals surface area contributed by atoms with Crippen LogP contribution in [-0.4, -0.2) is 109 Å². The molecule has 2 aliphatic rings. The number of carbonyl (C=O) groups excluding carboxylic acids is 3. The first-order valence-electron chi connectivity index (χ1n) is 14.2. The second kappa shape index (κ2) is 14.4. The number of fused-ring (bicyclic) bond motifs is 1. The van der Waals surface area contributed by atoms with Gasteiger partial charge in [0.25, 0.3) is 5.91 Å². The molecule has 2 aromatic carbocycles. The number of benzene rings is 2. The number of ether oxygens (including phenoxy) is 2. The number of carbonyl (C=O) groups is 3. The molecule has 0 unspecified atom stereocenters. The summed E-state index contributed by atoms with van der Waals surface area (Å²) in [5.41, 5.74) is 1.19. The Morgan fingerprint density at radius 3 is 2.50 bits per heavy atom. The van der Waals surface area contributed by atoms with E-state index in [-0.39, 0.29) is 43.0 Å². The molecule has 0 radical (unpaired) electrons. The third-order valence-corrected chi connectivity index (χ3v) is 7.60. The number of nitrogens with zero attached hydrogens (tertiary/aromatic N) is 3. The van der Waals surface area contributed by atoms with Gasteiger partial charge in [0.2, 0.25) is 5.91 Å². The van der Waals surface area contributed by atoms with E-state index in [1.54, 1.807) is 37.1 Å². The van der Waals surface area contributed by atoms with Crippen LogP contribution in [0, 0.1) is 11.7 Å². The number of nitrogens with one attached hydrogen (secondary N) is 2. The van der Waals surface area contributed by atoms with Crippen molar-refractivity contribution in [1.29, 1.82) is 0 Å². The van der Waals surface area contributed by atoms with Crippen LogP contribution in [-0.2, 0) is 9.53 Å². The van der Waals surface area contributed by atoms with Crippen LogP contribution < -0.4 is 15.4 Å². The van der Waals surface area contributed by atoms with E-state index in [1.165, 1.54) is 29.2 Å². The van der Waals surface area contributed by atoms with Crippen molar-refractivity contribution >= 4 is 29.2 Å². The van der Waals surface area contributed by atoms with Gasteiger partial charge in [-0.25, -0.2) is 9.18 Å². The van der Waals surface area contributed by atoms with Crippen LogP contribution in [0.15, 0.2) is 42.5 Å². The molecule has 42 heavy (non-hydrogen) atoms. The van der Waals surface area contributed by atoms with Crippen molar-refractivity contribution in [1.82, 2.24) is 14.7 Å². The Balaban J connectivity index is 1.49. The standard InChI is InChI=1S/C30H40FN5O6/c1-20-17-36(21(2)19-37)29(39)25-16-24(32-28(38)10-11-35-12-14-41-15-13-35)8-9-26(25)42-27(20)18-34(3)30(40)33-23-6-4-22(31)5-7-23/h4-9,16,20-21,27,37H,10-15,17-19H2,1-3H3,(H,32,38)(H,33,40)/t20-,21-,27+/m1/s1. The Hall–Kier alpha value is -3.74. The summed E-state index contributed by atoms with van der Waals surface area (Å²) in [5.74, 6) is -0.754. The molecule has 3 atom stereocenters. The summed E-state index contributed by atoms with van der Waals surface area (Å²) in [6, 6.07) is 9.56. The van der Waals surface area contributed by atoms with Gasteiger partial charge in [-0.2, -0.15) is 0 Å².